The van der Waals surface area contributed by atoms with Gasteiger partial charge in [0.2, 0.25) is 5.75 Å². The molecule has 2 aromatic rings. The molecular weight excluding hydrogens is 388 g/mol. The molecule has 1 N–H and O–H groups in total. The fraction of sp³-hybridized carbons (Fsp3) is 0.364. The Balaban J connectivity index is 1.74. The summed E-state index contributed by atoms with van der Waals surface area (Å²) in [5.41, 5.74) is 1.12. The second-order valence-electron chi connectivity index (χ2n) is 7.27. The standard InChI is InChI=1S/C22H26N2O6/c1-22(2)21(26)24(16-9-7-6-8-15(16)23-22)10-11-30-20(25)14-12-17(27-3)19(29-5)18(13-14)28-4/h6-9,12-13,23H,10-11H2,1-5H3. The summed E-state index contributed by atoms with van der Waals surface area (Å²) in [5, 5.41) is 3.24. The van der Waals surface area contributed by atoms with E-state index in [1.165, 1.54) is 33.5 Å². The zero-order valence-corrected chi connectivity index (χ0v) is 17.8. The van der Waals surface area contributed by atoms with Crippen molar-refractivity contribution in [1.29, 1.82) is 0 Å². The van der Waals surface area contributed by atoms with Crippen LogP contribution in [0.5, 0.6) is 17.2 Å². The SMILES string of the molecule is COc1cc(C(=O)OCCN2C(=O)C(C)(C)Nc3ccccc32)cc(OC)c1OC. The molecule has 1 amide bonds. The van der Waals surface area contributed by atoms with Crippen molar-refractivity contribution < 1.29 is 28.5 Å². The molecule has 0 bridgehead atoms. The minimum absolute atomic E-state index is 0.0334. The summed E-state index contributed by atoms with van der Waals surface area (Å²) in [6.45, 7) is 3.91. The molecule has 160 valence electrons. The number of benzene rings is 2. The Hall–Kier alpha value is -3.42. The number of fused-ring (bicyclic) bond motifs is 1. The molecule has 30 heavy (non-hydrogen) atoms. The summed E-state index contributed by atoms with van der Waals surface area (Å²) in [6, 6.07) is 10.6. The van der Waals surface area contributed by atoms with Gasteiger partial charge < -0.3 is 29.2 Å². The van der Waals surface area contributed by atoms with Gasteiger partial charge in [-0.2, -0.15) is 0 Å². The molecule has 0 aromatic heterocycles. The maximum absolute atomic E-state index is 12.9. The van der Waals surface area contributed by atoms with Crippen LogP contribution in [-0.4, -0.2) is 51.9 Å². The van der Waals surface area contributed by atoms with Gasteiger partial charge in [0, 0.05) is 0 Å². The quantitative estimate of drug-likeness (QED) is 0.697. The second kappa shape index (κ2) is 8.52. The van der Waals surface area contributed by atoms with Crippen LogP contribution in [0.25, 0.3) is 0 Å². The van der Waals surface area contributed by atoms with Gasteiger partial charge in [-0.3, -0.25) is 4.79 Å². The minimum Gasteiger partial charge on any atom is -0.493 e. The first kappa shape index (κ1) is 21.3. The van der Waals surface area contributed by atoms with E-state index < -0.39 is 11.5 Å². The van der Waals surface area contributed by atoms with Crippen molar-refractivity contribution in [3.05, 3.63) is 42.0 Å². The highest BCUT2D eigenvalue weighted by Gasteiger charge is 2.38. The average molecular weight is 414 g/mol. The summed E-state index contributed by atoms with van der Waals surface area (Å²) in [4.78, 5) is 27.1. The number of nitrogens with one attached hydrogen (secondary N) is 1. The van der Waals surface area contributed by atoms with Crippen molar-refractivity contribution in [2.24, 2.45) is 0 Å². The van der Waals surface area contributed by atoms with Gasteiger partial charge in [0.1, 0.15) is 12.1 Å². The van der Waals surface area contributed by atoms with Crippen molar-refractivity contribution in [3.63, 3.8) is 0 Å². The summed E-state index contributed by atoms with van der Waals surface area (Å²) in [6.07, 6.45) is 0. The minimum atomic E-state index is -0.755. The molecule has 0 spiro atoms. The van der Waals surface area contributed by atoms with Gasteiger partial charge in [0.05, 0.1) is 44.8 Å². The van der Waals surface area contributed by atoms with Gasteiger partial charge >= 0.3 is 5.97 Å². The van der Waals surface area contributed by atoms with E-state index in [1.54, 1.807) is 4.90 Å². The normalized spacial score (nSPS) is 14.4. The van der Waals surface area contributed by atoms with E-state index in [0.29, 0.717) is 17.2 Å². The maximum atomic E-state index is 12.9. The molecule has 0 aliphatic carbocycles. The molecule has 1 heterocycles. The van der Waals surface area contributed by atoms with Gasteiger partial charge in [0.15, 0.2) is 11.5 Å². The van der Waals surface area contributed by atoms with E-state index in [2.05, 4.69) is 5.32 Å². The third-order valence-corrected chi connectivity index (χ3v) is 4.87. The molecule has 2 aromatic carbocycles. The van der Waals surface area contributed by atoms with Crippen molar-refractivity contribution in [2.45, 2.75) is 19.4 Å². The lowest BCUT2D eigenvalue weighted by Crippen LogP contribution is -2.54. The molecule has 0 fully saturated rings. The Morgan fingerprint density at radius 2 is 1.67 bits per heavy atom. The number of anilines is 2. The van der Waals surface area contributed by atoms with E-state index in [9.17, 15) is 9.59 Å². The van der Waals surface area contributed by atoms with Crippen LogP contribution in [0.15, 0.2) is 36.4 Å². The van der Waals surface area contributed by atoms with Crippen LogP contribution < -0.4 is 24.4 Å². The first-order chi connectivity index (χ1) is 14.3. The summed E-state index contributed by atoms with van der Waals surface area (Å²) < 4.78 is 21.2. The fourth-order valence-corrected chi connectivity index (χ4v) is 3.39. The molecule has 0 radical (unpaired) electrons. The van der Waals surface area contributed by atoms with Crippen LogP contribution in [0.2, 0.25) is 0 Å². The summed E-state index contributed by atoms with van der Waals surface area (Å²) in [7, 11) is 4.44. The summed E-state index contributed by atoms with van der Waals surface area (Å²) in [5.74, 6) is 0.463. The van der Waals surface area contributed by atoms with E-state index >= 15 is 0 Å². The third kappa shape index (κ3) is 3.98. The van der Waals surface area contributed by atoms with Gasteiger partial charge in [-0.25, -0.2) is 4.79 Å². The van der Waals surface area contributed by atoms with E-state index in [-0.39, 0.29) is 24.6 Å². The molecule has 3 rings (SSSR count). The Morgan fingerprint density at radius 3 is 2.27 bits per heavy atom. The number of hydrogen-bond acceptors (Lipinski definition) is 7. The number of amides is 1. The number of rotatable bonds is 7. The highest BCUT2D eigenvalue weighted by molar-refractivity contribution is 6.07. The van der Waals surface area contributed by atoms with E-state index in [4.69, 9.17) is 18.9 Å². The Labute approximate surface area is 175 Å². The van der Waals surface area contributed by atoms with Crippen molar-refractivity contribution in [1.82, 2.24) is 0 Å². The van der Waals surface area contributed by atoms with Gasteiger partial charge in [-0.15, -0.1) is 0 Å². The number of carbonyl (C=O) groups is 2. The molecule has 1 aliphatic heterocycles. The number of nitrogens with zero attached hydrogens (tertiary/aromatic N) is 1. The molecule has 1 aliphatic rings. The van der Waals surface area contributed by atoms with Gasteiger partial charge in [-0.1, -0.05) is 12.1 Å². The third-order valence-electron chi connectivity index (χ3n) is 4.87. The molecule has 0 saturated heterocycles. The van der Waals surface area contributed by atoms with Crippen LogP contribution in [-0.2, 0) is 9.53 Å². The van der Waals surface area contributed by atoms with Crippen molar-refractivity contribution in [3.8, 4) is 17.2 Å². The fourth-order valence-electron chi connectivity index (χ4n) is 3.39. The average Bonchev–Trinajstić information content (AvgIpc) is 2.74. The van der Waals surface area contributed by atoms with Crippen LogP contribution in [0, 0.1) is 0 Å². The molecular formula is C22H26N2O6. The lowest BCUT2D eigenvalue weighted by atomic mass is 9.98. The lowest BCUT2D eigenvalue weighted by Gasteiger charge is -2.39. The first-order valence-corrected chi connectivity index (χ1v) is 9.48. The number of methoxy groups -OCH3 is 3. The van der Waals surface area contributed by atoms with Crippen LogP contribution in [0.3, 0.4) is 0 Å². The Bertz CT molecular complexity index is 931. The number of hydrogen-bond donors (Lipinski definition) is 1. The van der Waals surface area contributed by atoms with Crippen LogP contribution in [0.1, 0.15) is 24.2 Å². The summed E-state index contributed by atoms with van der Waals surface area (Å²) >= 11 is 0. The first-order valence-electron chi connectivity index (χ1n) is 9.48. The number of para-hydroxylation sites is 2. The topological polar surface area (TPSA) is 86.3 Å². The molecule has 8 heteroatoms. The largest absolute Gasteiger partial charge is 0.493 e. The highest BCUT2D eigenvalue weighted by Crippen LogP contribution is 2.38. The van der Waals surface area contributed by atoms with E-state index in [0.717, 1.165) is 11.4 Å². The maximum Gasteiger partial charge on any atom is 0.338 e. The van der Waals surface area contributed by atoms with Gasteiger partial charge in [0.25, 0.3) is 5.91 Å². The Morgan fingerprint density at radius 1 is 1.03 bits per heavy atom. The number of esters is 1. The van der Waals surface area contributed by atoms with Gasteiger partial charge in [-0.05, 0) is 38.1 Å². The molecule has 8 nitrogen and oxygen atoms in total. The van der Waals surface area contributed by atoms with Crippen LogP contribution >= 0.6 is 0 Å². The lowest BCUT2D eigenvalue weighted by molar-refractivity contribution is -0.122. The Kier molecular flexibility index (Phi) is 6.05. The predicted octanol–water partition coefficient (Wildman–Crippen LogP) is 3.11. The van der Waals surface area contributed by atoms with Crippen LogP contribution in [0.4, 0.5) is 11.4 Å². The van der Waals surface area contributed by atoms with E-state index in [1.807, 2.05) is 38.1 Å². The highest BCUT2D eigenvalue weighted by atomic mass is 16.5. The second-order valence-corrected chi connectivity index (χ2v) is 7.27. The zero-order chi connectivity index (χ0) is 21.9. The molecule has 0 saturated carbocycles. The monoisotopic (exact) mass is 414 g/mol. The molecule has 0 unspecified atom stereocenters. The molecule has 0 atom stereocenters. The smallest absolute Gasteiger partial charge is 0.338 e. The van der Waals surface area contributed by atoms with Crippen molar-refractivity contribution in [2.75, 3.05) is 44.7 Å². The predicted molar refractivity (Wildman–Crippen MR) is 113 cm³/mol. The zero-order valence-electron chi connectivity index (χ0n) is 17.8. The number of ether oxygens (including phenoxy) is 4. The number of carbonyl (C=O) groups excluding carboxylic acids is 2. The van der Waals surface area contributed by atoms with Crippen molar-refractivity contribution >= 4 is 23.3 Å².